The van der Waals surface area contributed by atoms with Gasteiger partial charge in [-0.2, -0.15) is 0 Å². The third-order valence-corrected chi connectivity index (χ3v) is 3.10. The lowest BCUT2D eigenvalue weighted by atomic mass is 10.4. The first-order valence-corrected chi connectivity index (χ1v) is 4.64. The summed E-state index contributed by atoms with van der Waals surface area (Å²) >= 11 is 0. The van der Waals surface area contributed by atoms with Gasteiger partial charge in [0.05, 0.1) is 0 Å². The van der Waals surface area contributed by atoms with Gasteiger partial charge in [0.25, 0.3) is 0 Å². The lowest BCUT2D eigenvalue weighted by Gasteiger charge is -2.17. The summed E-state index contributed by atoms with van der Waals surface area (Å²) in [6.45, 7) is 2.08. The molecule has 0 amide bonds. The molecule has 2 heterocycles. The molecule has 1 aromatic heterocycles. The topological polar surface area (TPSA) is 55.0 Å². The normalized spacial score (nSPS) is 36.1. The molecule has 0 bridgehead atoms. The molecule has 0 radical (unpaired) electrons. The van der Waals surface area contributed by atoms with E-state index in [0.717, 1.165) is 19.0 Å². The third-order valence-electron chi connectivity index (χ3n) is 3.10. The van der Waals surface area contributed by atoms with Crippen molar-refractivity contribution in [2.24, 2.45) is 17.6 Å². The molecule has 2 aliphatic rings. The lowest BCUT2D eigenvalue weighted by Crippen LogP contribution is -2.29. The summed E-state index contributed by atoms with van der Waals surface area (Å²) < 4.78 is 0. The van der Waals surface area contributed by atoms with Gasteiger partial charge in [-0.3, -0.25) is 0 Å². The first-order valence-electron chi connectivity index (χ1n) is 4.64. The quantitative estimate of drug-likeness (QED) is 0.647. The number of nitrogens with zero attached hydrogens (tertiary/aromatic N) is 3. The Morgan fingerprint density at radius 2 is 1.85 bits per heavy atom. The first-order chi connectivity index (χ1) is 6.36. The predicted molar refractivity (Wildman–Crippen MR) is 49.2 cm³/mol. The Hall–Kier alpha value is -1.16. The van der Waals surface area contributed by atoms with E-state index >= 15 is 0 Å². The number of fused-ring (bicyclic) bond motifs is 1. The van der Waals surface area contributed by atoms with Gasteiger partial charge in [-0.25, -0.2) is 9.97 Å². The van der Waals surface area contributed by atoms with Crippen molar-refractivity contribution in [3.05, 3.63) is 18.5 Å². The SMILES string of the molecule is N[C@H]1[C@H]2CN(c3ncccn3)C[C@@H]12. The van der Waals surface area contributed by atoms with Crippen LogP contribution in [0.4, 0.5) is 5.95 Å². The van der Waals surface area contributed by atoms with Gasteiger partial charge in [0.15, 0.2) is 0 Å². The lowest BCUT2D eigenvalue weighted by molar-refractivity contribution is 0.725. The van der Waals surface area contributed by atoms with Crippen molar-refractivity contribution >= 4 is 5.95 Å². The maximum Gasteiger partial charge on any atom is 0.225 e. The van der Waals surface area contributed by atoms with Gasteiger partial charge in [-0.15, -0.1) is 0 Å². The van der Waals surface area contributed by atoms with Crippen LogP contribution in [0.15, 0.2) is 18.5 Å². The van der Waals surface area contributed by atoms with Crippen molar-refractivity contribution in [1.29, 1.82) is 0 Å². The molecular weight excluding hydrogens is 164 g/mol. The molecule has 2 fully saturated rings. The maximum absolute atomic E-state index is 5.84. The van der Waals surface area contributed by atoms with Gasteiger partial charge < -0.3 is 10.6 Å². The monoisotopic (exact) mass is 176 g/mol. The van der Waals surface area contributed by atoms with E-state index in [1.54, 1.807) is 12.4 Å². The fraction of sp³-hybridized carbons (Fsp3) is 0.556. The van der Waals surface area contributed by atoms with Gasteiger partial charge in [0, 0.05) is 31.5 Å². The van der Waals surface area contributed by atoms with E-state index in [-0.39, 0.29) is 0 Å². The minimum absolute atomic E-state index is 0.444. The molecule has 4 heteroatoms. The molecule has 3 rings (SSSR count). The Bertz CT molecular complexity index is 301. The van der Waals surface area contributed by atoms with E-state index in [0.29, 0.717) is 17.9 Å². The summed E-state index contributed by atoms with van der Waals surface area (Å²) in [6.07, 6.45) is 3.57. The zero-order valence-corrected chi connectivity index (χ0v) is 7.30. The Kier molecular flexibility index (Phi) is 1.35. The molecule has 0 spiro atoms. The second kappa shape index (κ2) is 2.42. The highest BCUT2D eigenvalue weighted by molar-refractivity contribution is 5.35. The smallest absolute Gasteiger partial charge is 0.225 e. The maximum atomic E-state index is 5.84. The third kappa shape index (κ3) is 1.02. The van der Waals surface area contributed by atoms with Crippen LogP contribution >= 0.6 is 0 Å². The average molecular weight is 176 g/mol. The van der Waals surface area contributed by atoms with Crippen molar-refractivity contribution in [2.45, 2.75) is 6.04 Å². The first kappa shape index (κ1) is 7.26. The highest BCUT2D eigenvalue weighted by atomic mass is 15.3. The molecule has 1 aliphatic carbocycles. The van der Waals surface area contributed by atoms with Gasteiger partial charge >= 0.3 is 0 Å². The molecule has 1 aliphatic heterocycles. The van der Waals surface area contributed by atoms with Crippen molar-refractivity contribution in [2.75, 3.05) is 18.0 Å². The fourth-order valence-electron chi connectivity index (χ4n) is 2.19. The van der Waals surface area contributed by atoms with Crippen LogP contribution in [0, 0.1) is 11.8 Å². The standard InChI is InChI=1S/C9H12N4/c10-8-6-4-13(5-7(6)8)9-11-2-1-3-12-9/h1-3,6-8H,4-5,10H2/t6-,7+,8-. The summed E-state index contributed by atoms with van der Waals surface area (Å²) in [5, 5.41) is 0. The Balaban J connectivity index is 1.76. The van der Waals surface area contributed by atoms with Crippen LogP contribution in [0.3, 0.4) is 0 Å². The number of hydrogen-bond acceptors (Lipinski definition) is 4. The average Bonchev–Trinajstić information content (AvgIpc) is 2.67. The zero-order chi connectivity index (χ0) is 8.84. The number of nitrogens with two attached hydrogens (primary N) is 1. The van der Waals surface area contributed by atoms with Crippen LogP contribution in [-0.2, 0) is 0 Å². The van der Waals surface area contributed by atoms with Crippen LogP contribution in [0.5, 0.6) is 0 Å². The largest absolute Gasteiger partial charge is 0.340 e. The Morgan fingerprint density at radius 1 is 1.23 bits per heavy atom. The van der Waals surface area contributed by atoms with Crippen molar-refractivity contribution in [3.8, 4) is 0 Å². The molecule has 68 valence electrons. The number of aromatic nitrogens is 2. The number of anilines is 1. The van der Waals surface area contributed by atoms with E-state index < -0.39 is 0 Å². The molecule has 0 unspecified atom stereocenters. The van der Waals surface area contributed by atoms with E-state index in [4.69, 9.17) is 5.73 Å². The van der Waals surface area contributed by atoms with E-state index in [2.05, 4.69) is 14.9 Å². The Labute approximate surface area is 76.8 Å². The number of piperidine rings is 1. The molecule has 1 aromatic rings. The summed E-state index contributed by atoms with van der Waals surface area (Å²) in [7, 11) is 0. The second-order valence-corrected chi connectivity index (χ2v) is 3.86. The number of rotatable bonds is 1. The molecule has 3 atom stereocenters. The van der Waals surface area contributed by atoms with Gasteiger partial charge in [0.1, 0.15) is 0 Å². The van der Waals surface area contributed by atoms with Crippen LogP contribution in [0.25, 0.3) is 0 Å². The highest BCUT2D eigenvalue weighted by Gasteiger charge is 2.54. The van der Waals surface area contributed by atoms with Crippen molar-refractivity contribution in [1.82, 2.24) is 9.97 Å². The summed E-state index contributed by atoms with van der Waals surface area (Å²) in [6, 6.07) is 2.28. The van der Waals surface area contributed by atoms with Crippen LogP contribution in [0.1, 0.15) is 0 Å². The summed E-state index contributed by atoms with van der Waals surface area (Å²) in [4.78, 5) is 10.7. The summed E-state index contributed by atoms with van der Waals surface area (Å²) in [5.74, 6) is 2.24. The molecule has 4 nitrogen and oxygen atoms in total. The molecule has 1 saturated heterocycles. The summed E-state index contributed by atoms with van der Waals surface area (Å²) in [5.41, 5.74) is 5.84. The molecule has 13 heavy (non-hydrogen) atoms. The van der Waals surface area contributed by atoms with Gasteiger partial charge in [-0.05, 0) is 17.9 Å². The van der Waals surface area contributed by atoms with E-state index in [9.17, 15) is 0 Å². The minimum atomic E-state index is 0.444. The highest BCUT2D eigenvalue weighted by Crippen LogP contribution is 2.44. The predicted octanol–water partition coefficient (Wildman–Crippen LogP) is -0.130. The molecule has 1 saturated carbocycles. The van der Waals surface area contributed by atoms with E-state index in [1.807, 2.05) is 6.07 Å². The fourth-order valence-corrected chi connectivity index (χ4v) is 2.19. The zero-order valence-electron chi connectivity index (χ0n) is 7.30. The number of hydrogen-bond donors (Lipinski definition) is 1. The Morgan fingerprint density at radius 3 is 2.46 bits per heavy atom. The van der Waals surface area contributed by atoms with E-state index in [1.165, 1.54) is 0 Å². The molecular formula is C9H12N4. The second-order valence-electron chi connectivity index (χ2n) is 3.86. The van der Waals surface area contributed by atoms with Gasteiger partial charge in [0.2, 0.25) is 5.95 Å². The van der Waals surface area contributed by atoms with Crippen LogP contribution < -0.4 is 10.6 Å². The minimum Gasteiger partial charge on any atom is -0.340 e. The van der Waals surface area contributed by atoms with Gasteiger partial charge in [-0.1, -0.05) is 0 Å². The molecule has 0 aromatic carbocycles. The van der Waals surface area contributed by atoms with Crippen molar-refractivity contribution < 1.29 is 0 Å². The van der Waals surface area contributed by atoms with Crippen LogP contribution in [-0.4, -0.2) is 29.1 Å². The van der Waals surface area contributed by atoms with Crippen LogP contribution in [0.2, 0.25) is 0 Å². The molecule has 2 N–H and O–H groups in total. The van der Waals surface area contributed by atoms with Crippen molar-refractivity contribution in [3.63, 3.8) is 0 Å².